The topological polar surface area (TPSA) is 49.3 Å². The molecule has 1 aliphatic carbocycles. The zero-order valence-electron chi connectivity index (χ0n) is 12.4. The highest BCUT2D eigenvalue weighted by atomic mass is 16.4. The van der Waals surface area contributed by atoms with Crippen LogP contribution in [0.2, 0.25) is 0 Å². The lowest BCUT2D eigenvalue weighted by Gasteiger charge is -2.13. The Balaban J connectivity index is 2.16. The summed E-state index contributed by atoms with van der Waals surface area (Å²) in [6.07, 6.45) is 0. The highest BCUT2D eigenvalue weighted by molar-refractivity contribution is 5.95. The van der Waals surface area contributed by atoms with Crippen LogP contribution in [0.4, 0.5) is 5.69 Å². The predicted octanol–water partition coefficient (Wildman–Crippen LogP) is 3.79. The average molecular weight is 261 g/mol. The summed E-state index contributed by atoms with van der Waals surface area (Å²) < 4.78 is 0. The molecule has 104 valence electrons. The minimum atomic E-state index is -0.875. The first kappa shape index (κ1) is 13.9. The molecule has 2 rings (SSSR count). The maximum Gasteiger partial charge on any atom is 0.337 e. The quantitative estimate of drug-likeness (QED) is 0.867. The normalized spacial score (nSPS) is 20.1. The van der Waals surface area contributed by atoms with Gasteiger partial charge in [0.05, 0.1) is 11.3 Å². The van der Waals surface area contributed by atoms with Gasteiger partial charge in [-0.05, 0) is 35.3 Å². The van der Waals surface area contributed by atoms with Gasteiger partial charge in [0.1, 0.15) is 0 Å². The van der Waals surface area contributed by atoms with Crippen LogP contribution >= 0.6 is 0 Å². The Morgan fingerprint density at radius 2 is 1.84 bits per heavy atom. The molecule has 0 unspecified atom stereocenters. The van der Waals surface area contributed by atoms with Crippen molar-refractivity contribution in [3.05, 3.63) is 29.3 Å². The van der Waals surface area contributed by atoms with Gasteiger partial charge in [0.25, 0.3) is 0 Å². The number of benzene rings is 1. The van der Waals surface area contributed by atoms with Crippen molar-refractivity contribution < 1.29 is 9.90 Å². The second kappa shape index (κ2) is 4.26. The van der Waals surface area contributed by atoms with Crippen molar-refractivity contribution in [2.75, 3.05) is 11.9 Å². The van der Waals surface area contributed by atoms with Crippen molar-refractivity contribution in [1.29, 1.82) is 0 Å². The van der Waals surface area contributed by atoms with Gasteiger partial charge in [-0.25, -0.2) is 4.79 Å². The van der Waals surface area contributed by atoms with E-state index in [2.05, 4.69) is 33.0 Å². The third kappa shape index (κ3) is 2.11. The van der Waals surface area contributed by atoms with E-state index >= 15 is 0 Å². The summed E-state index contributed by atoms with van der Waals surface area (Å²) in [5.74, 6) is -0.304. The summed E-state index contributed by atoms with van der Waals surface area (Å²) in [5, 5.41) is 12.6. The SMILES string of the molecule is Cc1cccc(C(=O)O)c1NCC1C(C)(C)C1(C)C. The molecule has 1 aliphatic rings. The second-order valence-corrected chi connectivity index (χ2v) is 6.68. The van der Waals surface area contributed by atoms with E-state index in [0.29, 0.717) is 22.3 Å². The third-order valence-corrected chi connectivity index (χ3v) is 5.31. The van der Waals surface area contributed by atoms with Crippen LogP contribution in [0.15, 0.2) is 18.2 Å². The summed E-state index contributed by atoms with van der Waals surface area (Å²) in [6.45, 7) is 11.9. The van der Waals surface area contributed by atoms with E-state index in [1.54, 1.807) is 12.1 Å². The van der Waals surface area contributed by atoms with Crippen molar-refractivity contribution in [2.45, 2.75) is 34.6 Å². The van der Waals surface area contributed by atoms with Gasteiger partial charge in [-0.1, -0.05) is 39.8 Å². The van der Waals surface area contributed by atoms with Gasteiger partial charge >= 0.3 is 5.97 Å². The van der Waals surface area contributed by atoms with Gasteiger partial charge in [0.2, 0.25) is 0 Å². The van der Waals surface area contributed by atoms with E-state index in [0.717, 1.165) is 17.8 Å². The molecule has 0 atom stereocenters. The fraction of sp³-hybridized carbons (Fsp3) is 0.562. The first-order valence-electron chi connectivity index (χ1n) is 6.76. The summed E-state index contributed by atoms with van der Waals surface area (Å²) in [4.78, 5) is 11.2. The van der Waals surface area contributed by atoms with E-state index in [1.807, 2.05) is 13.0 Å². The van der Waals surface area contributed by atoms with Gasteiger partial charge < -0.3 is 10.4 Å². The number of aromatic carboxylic acids is 1. The Kier molecular flexibility index (Phi) is 3.12. The van der Waals surface area contributed by atoms with Crippen LogP contribution in [-0.2, 0) is 0 Å². The van der Waals surface area contributed by atoms with Gasteiger partial charge in [-0.15, -0.1) is 0 Å². The average Bonchev–Trinajstić information content (AvgIpc) is 2.68. The maximum absolute atomic E-state index is 11.2. The van der Waals surface area contributed by atoms with Gasteiger partial charge in [-0.3, -0.25) is 0 Å². The minimum Gasteiger partial charge on any atom is -0.478 e. The maximum atomic E-state index is 11.2. The summed E-state index contributed by atoms with van der Waals surface area (Å²) in [6, 6.07) is 5.38. The predicted molar refractivity (Wildman–Crippen MR) is 77.7 cm³/mol. The molecule has 0 saturated heterocycles. The lowest BCUT2D eigenvalue weighted by molar-refractivity contribution is 0.0698. The zero-order valence-corrected chi connectivity index (χ0v) is 12.4. The highest BCUT2D eigenvalue weighted by Gasteiger charge is 2.64. The van der Waals surface area contributed by atoms with Crippen molar-refractivity contribution in [1.82, 2.24) is 0 Å². The number of carbonyl (C=O) groups is 1. The fourth-order valence-electron chi connectivity index (χ4n) is 3.13. The molecule has 1 aromatic rings. The summed E-state index contributed by atoms with van der Waals surface area (Å²) >= 11 is 0. The van der Waals surface area contributed by atoms with E-state index in [4.69, 9.17) is 0 Å². The molecule has 2 N–H and O–H groups in total. The van der Waals surface area contributed by atoms with Crippen molar-refractivity contribution in [2.24, 2.45) is 16.7 Å². The van der Waals surface area contributed by atoms with Crippen molar-refractivity contribution >= 4 is 11.7 Å². The number of para-hydroxylation sites is 1. The van der Waals surface area contributed by atoms with Gasteiger partial charge in [0, 0.05) is 6.54 Å². The smallest absolute Gasteiger partial charge is 0.337 e. The molecule has 0 bridgehead atoms. The number of carboxylic acids is 1. The van der Waals surface area contributed by atoms with Crippen LogP contribution in [0.1, 0.15) is 43.6 Å². The Bertz CT molecular complexity index is 503. The van der Waals surface area contributed by atoms with Crippen LogP contribution in [0.3, 0.4) is 0 Å². The first-order valence-corrected chi connectivity index (χ1v) is 6.76. The number of rotatable bonds is 4. The highest BCUT2D eigenvalue weighted by Crippen LogP contribution is 2.68. The molecule has 0 amide bonds. The summed E-state index contributed by atoms with van der Waals surface area (Å²) in [7, 11) is 0. The standard InChI is InChI=1S/C16H23NO2/c1-10-7-6-8-11(14(18)19)13(10)17-9-12-15(2,3)16(12,4)5/h6-8,12,17H,9H2,1-5H3,(H,18,19). The van der Waals surface area contributed by atoms with E-state index in [1.165, 1.54) is 0 Å². The molecule has 3 heteroatoms. The van der Waals surface area contributed by atoms with Crippen LogP contribution < -0.4 is 5.32 Å². The molecule has 3 nitrogen and oxygen atoms in total. The Morgan fingerprint density at radius 3 is 2.32 bits per heavy atom. The Hall–Kier alpha value is -1.51. The van der Waals surface area contributed by atoms with E-state index < -0.39 is 5.97 Å². The van der Waals surface area contributed by atoms with Gasteiger partial charge in [-0.2, -0.15) is 0 Å². The molecule has 19 heavy (non-hydrogen) atoms. The molecular weight excluding hydrogens is 238 g/mol. The largest absolute Gasteiger partial charge is 0.478 e. The number of hydrogen-bond donors (Lipinski definition) is 2. The van der Waals surface area contributed by atoms with E-state index in [9.17, 15) is 9.90 Å². The first-order chi connectivity index (χ1) is 8.69. The number of aryl methyl sites for hydroxylation is 1. The molecule has 1 fully saturated rings. The van der Waals surface area contributed by atoms with Crippen molar-refractivity contribution in [3.8, 4) is 0 Å². The lowest BCUT2D eigenvalue weighted by atomic mass is 10.0. The molecule has 0 heterocycles. The number of carboxylic acid groups (broad SMARTS) is 1. The fourth-order valence-corrected chi connectivity index (χ4v) is 3.13. The number of anilines is 1. The molecule has 1 saturated carbocycles. The molecular formula is C16H23NO2. The number of nitrogens with one attached hydrogen (secondary N) is 1. The molecule has 1 aromatic carbocycles. The van der Waals surface area contributed by atoms with Crippen molar-refractivity contribution in [3.63, 3.8) is 0 Å². The van der Waals surface area contributed by atoms with E-state index in [-0.39, 0.29) is 0 Å². The second-order valence-electron chi connectivity index (χ2n) is 6.68. The summed E-state index contributed by atoms with van der Waals surface area (Å²) in [5.41, 5.74) is 2.72. The Morgan fingerprint density at radius 1 is 1.26 bits per heavy atom. The zero-order chi connectivity index (χ0) is 14.4. The molecule has 0 radical (unpaired) electrons. The lowest BCUT2D eigenvalue weighted by Crippen LogP contribution is -2.12. The minimum absolute atomic E-state index is 0.312. The molecule has 0 spiro atoms. The molecule has 0 aliphatic heterocycles. The number of hydrogen-bond acceptors (Lipinski definition) is 2. The van der Waals surface area contributed by atoms with Crippen LogP contribution in [0.25, 0.3) is 0 Å². The Labute approximate surface area is 115 Å². The van der Waals surface area contributed by atoms with Crippen LogP contribution in [0.5, 0.6) is 0 Å². The monoisotopic (exact) mass is 261 g/mol. The van der Waals surface area contributed by atoms with Gasteiger partial charge in [0.15, 0.2) is 0 Å². The van der Waals surface area contributed by atoms with Crippen LogP contribution in [0, 0.1) is 23.7 Å². The van der Waals surface area contributed by atoms with Crippen LogP contribution in [-0.4, -0.2) is 17.6 Å². The third-order valence-electron chi connectivity index (χ3n) is 5.31. The molecule has 0 aromatic heterocycles.